The number of nitrogens with zero attached hydrogens (tertiary/aromatic N) is 1. The quantitative estimate of drug-likeness (QED) is 0.694. The van der Waals surface area contributed by atoms with E-state index in [-0.39, 0.29) is 5.91 Å². The molecule has 1 amide bonds. The Morgan fingerprint density at radius 1 is 1.24 bits per heavy atom. The van der Waals surface area contributed by atoms with E-state index in [1.807, 2.05) is 6.92 Å². The Balaban J connectivity index is 2.08. The number of carbonyl (C=O) groups excluding carboxylic acids is 1. The highest BCUT2D eigenvalue weighted by Gasteiger charge is 2.18. The van der Waals surface area contributed by atoms with Gasteiger partial charge in [-0.3, -0.25) is 4.79 Å². The van der Waals surface area contributed by atoms with Gasteiger partial charge in [-0.15, -0.1) is 0 Å². The molecule has 0 radical (unpaired) electrons. The second-order valence-electron chi connectivity index (χ2n) is 4.80. The van der Waals surface area contributed by atoms with Crippen molar-refractivity contribution < 1.29 is 4.79 Å². The van der Waals surface area contributed by atoms with Gasteiger partial charge >= 0.3 is 0 Å². The molecule has 0 spiro atoms. The maximum atomic E-state index is 11.3. The summed E-state index contributed by atoms with van der Waals surface area (Å²) in [5.41, 5.74) is 0. The van der Waals surface area contributed by atoms with E-state index < -0.39 is 0 Å². The molecule has 1 aliphatic rings. The molecule has 2 N–H and O–H groups in total. The van der Waals surface area contributed by atoms with Crippen molar-refractivity contribution in [3.8, 4) is 0 Å². The van der Waals surface area contributed by atoms with Crippen LogP contribution in [0.2, 0.25) is 0 Å². The minimum absolute atomic E-state index is 0.183. The molecule has 0 aromatic carbocycles. The normalized spacial score (nSPS) is 18.2. The van der Waals surface area contributed by atoms with Crippen LogP contribution < -0.4 is 10.6 Å². The summed E-state index contributed by atoms with van der Waals surface area (Å²) in [6.07, 6.45) is 3.18. The Hall–Kier alpha value is -0.610. The highest BCUT2D eigenvalue weighted by molar-refractivity contribution is 5.75. The van der Waals surface area contributed by atoms with Crippen LogP contribution >= 0.6 is 0 Å². The zero-order valence-electron chi connectivity index (χ0n) is 11.3. The summed E-state index contributed by atoms with van der Waals surface area (Å²) in [6.45, 7) is 10.3. The second kappa shape index (κ2) is 8.48. The number of hydrogen-bond acceptors (Lipinski definition) is 3. The van der Waals surface area contributed by atoms with E-state index in [0.29, 0.717) is 6.42 Å². The Bertz CT molecular complexity index is 213. The predicted octanol–water partition coefficient (Wildman–Crippen LogP) is 0.834. The van der Waals surface area contributed by atoms with E-state index in [2.05, 4.69) is 22.5 Å². The first-order valence-corrected chi connectivity index (χ1v) is 6.96. The van der Waals surface area contributed by atoms with Crippen molar-refractivity contribution in [1.29, 1.82) is 0 Å². The third-order valence-electron chi connectivity index (χ3n) is 3.42. The average Bonchev–Trinajstić information content (AvgIpc) is 2.35. The maximum absolute atomic E-state index is 11.3. The Morgan fingerprint density at radius 2 is 1.94 bits per heavy atom. The van der Waals surface area contributed by atoms with Gasteiger partial charge < -0.3 is 15.5 Å². The molecule has 1 aliphatic heterocycles. The Kier molecular flexibility index (Phi) is 7.21. The zero-order valence-corrected chi connectivity index (χ0v) is 11.3. The van der Waals surface area contributed by atoms with E-state index in [0.717, 1.165) is 45.2 Å². The van der Waals surface area contributed by atoms with Gasteiger partial charge in [-0.05, 0) is 51.9 Å². The lowest BCUT2D eigenvalue weighted by Crippen LogP contribution is -2.39. The largest absolute Gasteiger partial charge is 0.356 e. The molecule has 1 saturated heterocycles. The van der Waals surface area contributed by atoms with Crippen LogP contribution in [0.4, 0.5) is 0 Å². The van der Waals surface area contributed by atoms with Crippen LogP contribution in [0.3, 0.4) is 0 Å². The molecule has 0 aromatic heterocycles. The molecule has 1 rings (SSSR count). The highest BCUT2D eigenvalue weighted by Crippen LogP contribution is 2.16. The number of amides is 1. The van der Waals surface area contributed by atoms with Crippen LogP contribution in [0.15, 0.2) is 0 Å². The number of carbonyl (C=O) groups is 1. The summed E-state index contributed by atoms with van der Waals surface area (Å²) in [6, 6.07) is 0. The van der Waals surface area contributed by atoms with E-state index >= 15 is 0 Å². The van der Waals surface area contributed by atoms with Crippen molar-refractivity contribution in [3.05, 3.63) is 0 Å². The molecule has 100 valence electrons. The van der Waals surface area contributed by atoms with Gasteiger partial charge in [0.05, 0.1) is 0 Å². The van der Waals surface area contributed by atoms with Crippen LogP contribution in [-0.2, 0) is 4.79 Å². The van der Waals surface area contributed by atoms with Gasteiger partial charge in [-0.25, -0.2) is 0 Å². The highest BCUT2D eigenvalue weighted by atomic mass is 16.1. The fourth-order valence-electron chi connectivity index (χ4n) is 2.31. The number of hydrogen-bond donors (Lipinski definition) is 2. The smallest absolute Gasteiger partial charge is 0.221 e. The molecule has 17 heavy (non-hydrogen) atoms. The van der Waals surface area contributed by atoms with Gasteiger partial charge in [-0.1, -0.05) is 6.92 Å². The summed E-state index contributed by atoms with van der Waals surface area (Å²) in [4.78, 5) is 13.8. The molecule has 0 aromatic rings. The Morgan fingerprint density at radius 3 is 2.53 bits per heavy atom. The predicted molar refractivity (Wildman–Crippen MR) is 71.0 cm³/mol. The number of rotatable bonds is 7. The molecule has 0 unspecified atom stereocenters. The summed E-state index contributed by atoms with van der Waals surface area (Å²) in [7, 11) is 0. The van der Waals surface area contributed by atoms with E-state index in [1.165, 1.54) is 12.8 Å². The third-order valence-corrected chi connectivity index (χ3v) is 3.42. The third kappa shape index (κ3) is 6.03. The lowest BCUT2D eigenvalue weighted by Gasteiger charge is -2.31. The van der Waals surface area contributed by atoms with Crippen molar-refractivity contribution in [2.24, 2.45) is 5.92 Å². The molecular weight excluding hydrogens is 214 g/mol. The summed E-state index contributed by atoms with van der Waals surface area (Å²) < 4.78 is 0. The average molecular weight is 241 g/mol. The SMILES string of the molecule is CCNCC1CCN(CCC(=O)NCC)CC1. The van der Waals surface area contributed by atoms with Crippen molar-refractivity contribution >= 4 is 5.91 Å². The van der Waals surface area contributed by atoms with Crippen molar-refractivity contribution in [3.63, 3.8) is 0 Å². The van der Waals surface area contributed by atoms with Gasteiger partial charge in [0, 0.05) is 19.5 Å². The van der Waals surface area contributed by atoms with Gasteiger partial charge in [0.2, 0.25) is 5.91 Å². The molecular formula is C13H27N3O. The van der Waals surface area contributed by atoms with Crippen LogP contribution in [0, 0.1) is 5.92 Å². The first-order chi connectivity index (χ1) is 8.26. The van der Waals surface area contributed by atoms with Crippen LogP contribution in [-0.4, -0.2) is 50.1 Å². The molecule has 0 aliphatic carbocycles. The van der Waals surface area contributed by atoms with Crippen LogP contribution in [0.5, 0.6) is 0 Å². The van der Waals surface area contributed by atoms with Crippen LogP contribution in [0.25, 0.3) is 0 Å². The maximum Gasteiger partial charge on any atom is 0.221 e. The molecule has 0 atom stereocenters. The fourth-order valence-corrected chi connectivity index (χ4v) is 2.31. The standard InChI is InChI=1S/C13H27N3O/c1-3-14-11-12-5-8-16(9-6-12)10-7-13(17)15-4-2/h12,14H,3-11H2,1-2H3,(H,15,17). The summed E-state index contributed by atoms with van der Waals surface area (Å²) in [5, 5.41) is 6.26. The van der Waals surface area contributed by atoms with E-state index in [4.69, 9.17) is 0 Å². The van der Waals surface area contributed by atoms with Gasteiger partial charge in [0.15, 0.2) is 0 Å². The lowest BCUT2D eigenvalue weighted by atomic mass is 9.96. The molecule has 1 heterocycles. The van der Waals surface area contributed by atoms with E-state index in [1.54, 1.807) is 0 Å². The van der Waals surface area contributed by atoms with E-state index in [9.17, 15) is 4.79 Å². The first kappa shape index (κ1) is 14.5. The van der Waals surface area contributed by atoms with Crippen molar-refractivity contribution in [2.45, 2.75) is 33.1 Å². The second-order valence-corrected chi connectivity index (χ2v) is 4.80. The van der Waals surface area contributed by atoms with Gasteiger partial charge in [0.25, 0.3) is 0 Å². The topological polar surface area (TPSA) is 44.4 Å². The summed E-state index contributed by atoms with van der Waals surface area (Å²) >= 11 is 0. The monoisotopic (exact) mass is 241 g/mol. The van der Waals surface area contributed by atoms with Gasteiger partial charge in [-0.2, -0.15) is 0 Å². The first-order valence-electron chi connectivity index (χ1n) is 6.96. The molecule has 0 bridgehead atoms. The Labute approximate surface area is 105 Å². The minimum atomic E-state index is 0.183. The molecule has 4 nitrogen and oxygen atoms in total. The number of nitrogens with one attached hydrogen (secondary N) is 2. The molecule has 0 saturated carbocycles. The molecule has 1 fully saturated rings. The van der Waals surface area contributed by atoms with Gasteiger partial charge in [0.1, 0.15) is 0 Å². The van der Waals surface area contributed by atoms with Crippen molar-refractivity contribution in [1.82, 2.24) is 15.5 Å². The fraction of sp³-hybridized carbons (Fsp3) is 0.923. The number of piperidine rings is 1. The molecule has 4 heteroatoms. The van der Waals surface area contributed by atoms with Crippen molar-refractivity contribution in [2.75, 3.05) is 39.3 Å². The minimum Gasteiger partial charge on any atom is -0.356 e. The lowest BCUT2D eigenvalue weighted by molar-refractivity contribution is -0.121. The summed E-state index contributed by atoms with van der Waals surface area (Å²) in [5.74, 6) is 1.01. The number of likely N-dealkylation sites (tertiary alicyclic amines) is 1. The van der Waals surface area contributed by atoms with Crippen LogP contribution in [0.1, 0.15) is 33.1 Å². The zero-order chi connectivity index (χ0) is 12.5.